The lowest BCUT2D eigenvalue weighted by molar-refractivity contribution is -0.126. The van der Waals surface area contributed by atoms with Crippen molar-refractivity contribution in [3.05, 3.63) is 0 Å². The van der Waals surface area contributed by atoms with Crippen LogP contribution in [0.2, 0.25) is 0 Å². The lowest BCUT2D eigenvalue weighted by Crippen LogP contribution is -2.51. The molecule has 1 spiro atoms. The van der Waals surface area contributed by atoms with E-state index in [0.717, 1.165) is 19.6 Å². The third-order valence-corrected chi connectivity index (χ3v) is 5.38. The van der Waals surface area contributed by atoms with E-state index in [1.807, 2.05) is 0 Å². The van der Waals surface area contributed by atoms with E-state index >= 15 is 0 Å². The maximum absolute atomic E-state index is 9.15. The SMILES string of the molecule is N#CC1CCCN(C2CCOC3(CCCCC3)C2)C1. The van der Waals surface area contributed by atoms with Crippen LogP contribution in [0.3, 0.4) is 0 Å². The molecule has 0 aromatic carbocycles. The second-order valence-corrected chi connectivity index (χ2v) is 6.70. The fraction of sp³-hybridized carbons (Fsp3) is 0.938. The number of hydrogen-bond donors (Lipinski definition) is 0. The first-order chi connectivity index (χ1) is 9.31. The van der Waals surface area contributed by atoms with E-state index in [2.05, 4.69) is 11.0 Å². The number of likely N-dealkylation sites (tertiary alicyclic amines) is 1. The van der Waals surface area contributed by atoms with E-state index in [-0.39, 0.29) is 11.5 Å². The van der Waals surface area contributed by atoms with Gasteiger partial charge in [0.1, 0.15) is 0 Å². The molecular formula is C16H26N2O. The molecule has 0 N–H and O–H groups in total. The summed E-state index contributed by atoms with van der Waals surface area (Å²) < 4.78 is 6.19. The topological polar surface area (TPSA) is 36.3 Å². The van der Waals surface area contributed by atoms with Crippen molar-refractivity contribution in [1.82, 2.24) is 4.90 Å². The zero-order valence-electron chi connectivity index (χ0n) is 11.9. The normalized spacial score (nSPS) is 35.9. The molecule has 3 nitrogen and oxygen atoms in total. The van der Waals surface area contributed by atoms with Crippen molar-refractivity contribution in [3.63, 3.8) is 0 Å². The van der Waals surface area contributed by atoms with Crippen LogP contribution >= 0.6 is 0 Å². The van der Waals surface area contributed by atoms with Crippen LogP contribution in [0.5, 0.6) is 0 Å². The van der Waals surface area contributed by atoms with Gasteiger partial charge in [0.05, 0.1) is 17.6 Å². The fourth-order valence-corrected chi connectivity index (χ4v) is 4.30. The Hall–Kier alpha value is -0.590. The van der Waals surface area contributed by atoms with Crippen LogP contribution in [0.4, 0.5) is 0 Å². The molecule has 19 heavy (non-hydrogen) atoms. The summed E-state index contributed by atoms with van der Waals surface area (Å²) in [6.45, 7) is 3.12. The molecule has 2 heterocycles. The summed E-state index contributed by atoms with van der Waals surface area (Å²) >= 11 is 0. The van der Waals surface area contributed by atoms with Crippen molar-refractivity contribution >= 4 is 0 Å². The van der Waals surface area contributed by atoms with E-state index in [4.69, 9.17) is 10.00 Å². The third kappa shape index (κ3) is 2.95. The highest BCUT2D eigenvalue weighted by Crippen LogP contribution is 2.40. The highest BCUT2D eigenvalue weighted by Gasteiger charge is 2.40. The van der Waals surface area contributed by atoms with Gasteiger partial charge in [0.25, 0.3) is 0 Å². The maximum Gasteiger partial charge on any atom is 0.0697 e. The van der Waals surface area contributed by atoms with Crippen LogP contribution in [-0.2, 0) is 4.74 Å². The second-order valence-electron chi connectivity index (χ2n) is 6.70. The van der Waals surface area contributed by atoms with Crippen molar-refractivity contribution < 1.29 is 4.74 Å². The average Bonchev–Trinajstić information content (AvgIpc) is 2.48. The first kappa shape index (κ1) is 13.4. The van der Waals surface area contributed by atoms with E-state index in [0.29, 0.717) is 6.04 Å². The Morgan fingerprint density at radius 1 is 1.11 bits per heavy atom. The molecule has 2 saturated heterocycles. The average molecular weight is 262 g/mol. The first-order valence-corrected chi connectivity index (χ1v) is 8.09. The molecule has 2 aliphatic heterocycles. The summed E-state index contributed by atoms with van der Waals surface area (Å²) in [5.74, 6) is 0.263. The van der Waals surface area contributed by atoms with Gasteiger partial charge in [0, 0.05) is 19.2 Å². The van der Waals surface area contributed by atoms with E-state index < -0.39 is 0 Å². The molecule has 2 unspecified atom stereocenters. The largest absolute Gasteiger partial charge is 0.375 e. The Labute approximate surface area is 116 Å². The Balaban J connectivity index is 1.63. The molecular weight excluding hydrogens is 236 g/mol. The van der Waals surface area contributed by atoms with Crippen LogP contribution in [0, 0.1) is 17.2 Å². The predicted octanol–water partition coefficient (Wildman–Crippen LogP) is 3.10. The molecule has 3 heteroatoms. The summed E-state index contributed by atoms with van der Waals surface area (Å²) in [7, 11) is 0. The number of hydrogen-bond acceptors (Lipinski definition) is 3. The monoisotopic (exact) mass is 262 g/mol. The molecule has 0 radical (unpaired) electrons. The summed E-state index contributed by atoms with van der Waals surface area (Å²) in [4.78, 5) is 2.59. The molecule has 3 fully saturated rings. The van der Waals surface area contributed by atoms with Gasteiger partial charge in [-0.05, 0) is 45.1 Å². The molecule has 3 aliphatic rings. The minimum atomic E-state index is 0.195. The van der Waals surface area contributed by atoms with E-state index in [1.54, 1.807) is 0 Å². The molecule has 3 rings (SSSR count). The van der Waals surface area contributed by atoms with Crippen molar-refractivity contribution in [2.24, 2.45) is 5.92 Å². The molecule has 2 atom stereocenters. The number of rotatable bonds is 1. The van der Waals surface area contributed by atoms with Gasteiger partial charge in [0.15, 0.2) is 0 Å². The van der Waals surface area contributed by atoms with Gasteiger partial charge in [-0.2, -0.15) is 5.26 Å². The van der Waals surface area contributed by atoms with Gasteiger partial charge in [-0.25, -0.2) is 0 Å². The maximum atomic E-state index is 9.15. The van der Waals surface area contributed by atoms with Gasteiger partial charge in [-0.1, -0.05) is 19.3 Å². The van der Waals surface area contributed by atoms with Crippen LogP contribution in [0.25, 0.3) is 0 Å². The first-order valence-electron chi connectivity index (χ1n) is 8.09. The van der Waals surface area contributed by atoms with Crippen molar-refractivity contribution in [2.45, 2.75) is 69.4 Å². The summed E-state index contributed by atoms with van der Waals surface area (Å²) in [6, 6.07) is 3.14. The van der Waals surface area contributed by atoms with E-state index in [1.165, 1.54) is 57.9 Å². The minimum absolute atomic E-state index is 0.195. The molecule has 1 saturated carbocycles. The highest BCUT2D eigenvalue weighted by atomic mass is 16.5. The van der Waals surface area contributed by atoms with Crippen molar-refractivity contribution in [3.8, 4) is 6.07 Å². The number of piperidine rings is 1. The minimum Gasteiger partial charge on any atom is -0.375 e. The lowest BCUT2D eigenvalue weighted by Gasteiger charge is -2.47. The predicted molar refractivity (Wildman–Crippen MR) is 74.7 cm³/mol. The van der Waals surface area contributed by atoms with Gasteiger partial charge in [-0.3, -0.25) is 4.90 Å². The quantitative estimate of drug-likeness (QED) is 0.728. The number of ether oxygens (including phenoxy) is 1. The molecule has 1 aliphatic carbocycles. The number of nitriles is 1. The fourth-order valence-electron chi connectivity index (χ4n) is 4.30. The standard InChI is InChI=1S/C16H26N2O/c17-12-14-5-4-9-18(13-14)15-6-10-19-16(11-15)7-2-1-3-8-16/h14-15H,1-11,13H2. The lowest BCUT2D eigenvalue weighted by atomic mass is 9.77. The van der Waals surface area contributed by atoms with E-state index in [9.17, 15) is 0 Å². The molecule has 0 aromatic heterocycles. The van der Waals surface area contributed by atoms with Gasteiger partial charge < -0.3 is 4.74 Å². The van der Waals surface area contributed by atoms with Gasteiger partial charge >= 0.3 is 0 Å². The molecule has 106 valence electrons. The Bertz CT molecular complexity index is 338. The Morgan fingerprint density at radius 2 is 1.95 bits per heavy atom. The zero-order valence-corrected chi connectivity index (χ0v) is 11.9. The van der Waals surface area contributed by atoms with Gasteiger partial charge in [0.2, 0.25) is 0 Å². The van der Waals surface area contributed by atoms with Crippen molar-refractivity contribution in [2.75, 3.05) is 19.7 Å². The zero-order chi connectivity index (χ0) is 13.1. The smallest absolute Gasteiger partial charge is 0.0697 e. The Kier molecular flexibility index (Phi) is 4.10. The van der Waals surface area contributed by atoms with Crippen LogP contribution in [-0.4, -0.2) is 36.2 Å². The highest BCUT2D eigenvalue weighted by molar-refractivity contribution is 4.96. The molecule has 0 aromatic rings. The Morgan fingerprint density at radius 3 is 2.74 bits per heavy atom. The van der Waals surface area contributed by atoms with Crippen LogP contribution < -0.4 is 0 Å². The van der Waals surface area contributed by atoms with Gasteiger partial charge in [-0.15, -0.1) is 0 Å². The second kappa shape index (κ2) is 5.81. The van der Waals surface area contributed by atoms with Crippen molar-refractivity contribution in [1.29, 1.82) is 5.26 Å². The summed E-state index contributed by atoms with van der Waals surface area (Å²) in [5, 5.41) is 9.15. The number of nitrogens with zero attached hydrogens (tertiary/aromatic N) is 2. The van der Waals surface area contributed by atoms with Crippen LogP contribution in [0.1, 0.15) is 57.8 Å². The molecule has 0 amide bonds. The van der Waals surface area contributed by atoms with Crippen LogP contribution in [0.15, 0.2) is 0 Å². The summed E-state index contributed by atoms with van der Waals surface area (Å²) in [5.41, 5.74) is 0.195. The third-order valence-electron chi connectivity index (χ3n) is 5.38. The molecule has 0 bridgehead atoms. The summed E-state index contributed by atoms with van der Waals surface area (Å²) in [6.07, 6.45) is 11.3.